The van der Waals surface area contributed by atoms with Crippen LogP contribution in [0.1, 0.15) is 10.4 Å². The zero-order chi connectivity index (χ0) is 16.9. The van der Waals surface area contributed by atoms with E-state index >= 15 is 0 Å². The number of H-pyrrole nitrogens is 1. The molecule has 6 nitrogen and oxygen atoms in total. The smallest absolute Gasteiger partial charge is 0.255 e. The molecule has 122 valence electrons. The Morgan fingerprint density at radius 3 is 2.42 bits per heavy atom. The van der Waals surface area contributed by atoms with Gasteiger partial charge in [-0.3, -0.25) is 4.79 Å². The van der Waals surface area contributed by atoms with E-state index in [2.05, 4.69) is 15.3 Å². The van der Waals surface area contributed by atoms with Gasteiger partial charge in [0.05, 0.1) is 14.2 Å². The van der Waals surface area contributed by atoms with Crippen LogP contribution in [-0.2, 0) is 0 Å². The number of imidazole rings is 1. The first kappa shape index (κ1) is 15.6. The molecule has 1 heterocycles. The molecule has 24 heavy (non-hydrogen) atoms. The first-order valence-electron chi connectivity index (χ1n) is 7.34. The molecule has 0 aliphatic rings. The topological polar surface area (TPSA) is 76.2 Å². The number of hydrogen-bond donors (Lipinski definition) is 2. The standard InChI is InChI=1S/C18H17N3O3/c1-23-15-8-5-13(11-16(15)24-2)18(22)21-14-6-3-12(4-7-14)17-19-9-10-20-17/h3-11H,1-2H3,(H,19,20)(H,21,22). The van der Waals surface area contributed by atoms with Gasteiger partial charge in [0.25, 0.3) is 5.91 Å². The first-order valence-corrected chi connectivity index (χ1v) is 7.34. The molecule has 2 N–H and O–H groups in total. The average Bonchev–Trinajstić information content (AvgIpc) is 3.16. The lowest BCUT2D eigenvalue weighted by atomic mass is 10.1. The maximum atomic E-state index is 12.4. The van der Waals surface area contributed by atoms with Crippen molar-refractivity contribution in [2.45, 2.75) is 0 Å². The van der Waals surface area contributed by atoms with Crippen LogP contribution in [0.2, 0.25) is 0 Å². The van der Waals surface area contributed by atoms with Gasteiger partial charge in [-0.1, -0.05) is 0 Å². The Labute approximate surface area is 139 Å². The lowest BCUT2D eigenvalue weighted by Gasteiger charge is -2.10. The van der Waals surface area contributed by atoms with Gasteiger partial charge in [-0.05, 0) is 42.5 Å². The molecular formula is C18H17N3O3. The molecule has 0 unspecified atom stereocenters. The zero-order valence-electron chi connectivity index (χ0n) is 13.4. The number of rotatable bonds is 5. The summed E-state index contributed by atoms with van der Waals surface area (Å²) >= 11 is 0. The van der Waals surface area contributed by atoms with Crippen LogP contribution in [0.5, 0.6) is 11.5 Å². The van der Waals surface area contributed by atoms with Crippen LogP contribution < -0.4 is 14.8 Å². The number of nitrogens with one attached hydrogen (secondary N) is 2. The Morgan fingerprint density at radius 2 is 1.79 bits per heavy atom. The number of nitrogens with zero attached hydrogens (tertiary/aromatic N) is 1. The molecule has 0 fully saturated rings. The molecule has 2 aromatic carbocycles. The van der Waals surface area contributed by atoms with Gasteiger partial charge in [-0.15, -0.1) is 0 Å². The highest BCUT2D eigenvalue weighted by Crippen LogP contribution is 2.28. The van der Waals surface area contributed by atoms with Crippen LogP contribution in [0, 0.1) is 0 Å². The van der Waals surface area contributed by atoms with Crippen LogP contribution in [0.4, 0.5) is 5.69 Å². The van der Waals surface area contributed by atoms with Crippen LogP contribution in [0.3, 0.4) is 0 Å². The lowest BCUT2D eigenvalue weighted by Crippen LogP contribution is -2.12. The molecule has 0 spiro atoms. The molecule has 1 aromatic heterocycles. The Kier molecular flexibility index (Phi) is 4.47. The number of amides is 1. The van der Waals surface area contributed by atoms with Crippen molar-refractivity contribution in [1.82, 2.24) is 9.97 Å². The fraction of sp³-hybridized carbons (Fsp3) is 0.111. The first-order chi connectivity index (χ1) is 11.7. The second-order valence-electron chi connectivity index (χ2n) is 5.04. The largest absolute Gasteiger partial charge is 0.493 e. The van der Waals surface area contributed by atoms with E-state index in [1.165, 1.54) is 7.11 Å². The highest BCUT2D eigenvalue weighted by molar-refractivity contribution is 6.04. The van der Waals surface area contributed by atoms with Crippen molar-refractivity contribution in [2.75, 3.05) is 19.5 Å². The predicted octanol–water partition coefficient (Wildman–Crippen LogP) is 3.35. The van der Waals surface area contributed by atoms with Crippen molar-refractivity contribution in [3.63, 3.8) is 0 Å². The number of ether oxygens (including phenoxy) is 2. The Hall–Kier alpha value is -3.28. The van der Waals surface area contributed by atoms with Crippen molar-refractivity contribution in [2.24, 2.45) is 0 Å². The highest BCUT2D eigenvalue weighted by atomic mass is 16.5. The summed E-state index contributed by atoms with van der Waals surface area (Å²) in [6.45, 7) is 0. The monoisotopic (exact) mass is 323 g/mol. The summed E-state index contributed by atoms with van der Waals surface area (Å²) < 4.78 is 10.4. The van der Waals surface area contributed by atoms with Crippen LogP contribution in [0.25, 0.3) is 11.4 Å². The summed E-state index contributed by atoms with van der Waals surface area (Å²) in [5.41, 5.74) is 2.14. The molecule has 3 aromatic rings. The summed E-state index contributed by atoms with van der Waals surface area (Å²) in [6.07, 6.45) is 3.46. The molecule has 0 aliphatic carbocycles. The molecule has 1 amide bonds. The molecule has 0 radical (unpaired) electrons. The second kappa shape index (κ2) is 6.87. The number of benzene rings is 2. The minimum atomic E-state index is -0.221. The van der Waals surface area contributed by atoms with Gasteiger partial charge >= 0.3 is 0 Å². The van der Waals surface area contributed by atoms with Gasteiger partial charge in [0.2, 0.25) is 0 Å². The van der Waals surface area contributed by atoms with Gasteiger partial charge < -0.3 is 19.8 Å². The third-order valence-corrected chi connectivity index (χ3v) is 3.56. The van der Waals surface area contributed by atoms with Crippen molar-refractivity contribution in [3.8, 4) is 22.9 Å². The fourth-order valence-electron chi connectivity index (χ4n) is 2.32. The fourth-order valence-corrected chi connectivity index (χ4v) is 2.32. The summed E-state index contributed by atoms with van der Waals surface area (Å²) in [5.74, 6) is 1.66. The summed E-state index contributed by atoms with van der Waals surface area (Å²) in [7, 11) is 3.09. The minimum absolute atomic E-state index is 0.221. The third kappa shape index (κ3) is 3.22. The van der Waals surface area contributed by atoms with E-state index in [4.69, 9.17) is 9.47 Å². The van der Waals surface area contributed by atoms with Gasteiger partial charge in [0.15, 0.2) is 11.5 Å². The molecule has 0 aliphatic heterocycles. The predicted molar refractivity (Wildman–Crippen MR) is 91.5 cm³/mol. The quantitative estimate of drug-likeness (QED) is 0.755. The van der Waals surface area contributed by atoms with Crippen molar-refractivity contribution in [1.29, 1.82) is 0 Å². The SMILES string of the molecule is COc1ccc(C(=O)Nc2ccc(-c3ncc[nH]3)cc2)cc1OC. The number of methoxy groups -OCH3 is 2. The van der Waals surface area contributed by atoms with Crippen LogP contribution in [-0.4, -0.2) is 30.1 Å². The van der Waals surface area contributed by atoms with Crippen LogP contribution >= 0.6 is 0 Å². The van der Waals surface area contributed by atoms with Gasteiger partial charge in [-0.25, -0.2) is 4.98 Å². The lowest BCUT2D eigenvalue weighted by molar-refractivity contribution is 0.102. The van der Waals surface area contributed by atoms with E-state index in [0.717, 1.165) is 11.4 Å². The number of hydrogen-bond acceptors (Lipinski definition) is 4. The highest BCUT2D eigenvalue weighted by Gasteiger charge is 2.11. The number of carbonyl (C=O) groups excluding carboxylic acids is 1. The van der Waals surface area contributed by atoms with E-state index < -0.39 is 0 Å². The molecule has 0 atom stereocenters. The Morgan fingerprint density at radius 1 is 1.04 bits per heavy atom. The third-order valence-electron chi connectivity index (χ3n) is 3.56. The number of carbonyl (C=O) groups is 1. The summed E-state index contributed by atoms with van der Waals surface area (Å²) in [5, 5.41) is 2.85. The van der Waals surface area contributed by atoms with E-state index in [0.29, 0.717) is 22.7 Å². The normalized spacial score (nSPS) is 10.2. The van der Waals surface area contributed by atoms with Crippen molar-refractivity contribution < 1.29 is 14.3 Å². The van der Waals surface area contributed by atoms with Gasteiger partial charge in [0.1, 0.15) is 5.82 Å². The molecule has 0 saturated heterocycles. The summed E-state index contributed by atoms with van der Waals surface area (Å²) in [4.78, 5) is 19.6. The van der Waals surface area contributed by atoms with E-state index in [1.807, 2.05) is 24.3 Å². The minimum Gasteiger partial charge on any atom is -0.493 e. The molecule has 0 bridgehead atoms. The van der Waals surface area contributed by atoms with E-state index in [-0.39, 0.29) is 5.91 Å². The molecular weight excluding hydrogens is 306 g/mol. The molecule has 3 rings (SSSR count). The van der Waals surface area contributed by atoms with Gasteiger partial charge in [0, 0.05) is 29.2 Å². The number of aromatic amines is 1. The summed E-state index contributed by atoms with van der Waals surface area (Å²) in [6, 6.07) is 12.5. The van der Waals surface area contributed by atoms with E-state index in [9.17, 15) is 4.79 Å². The molecule has 0 saturated carbocycles. The number of anilines is 1. The van der Waals surface area contributed by atoms with Gasteiger partial charge in [-0.2, -0.15) is 0 Å². The van der Waals surface area contributed by atoms with Crippen molar-refractivity contribution in [3.05, 3.63) is 60.4 Å². The van der Waals surface area contributed by atoms with E-state index in [1.54, 1.807) is 37.7 Å². The second-order valence-corrected chi connectivity index (χ2v) is 5.04. The molecule has 6 heteroatoms. The Bertz CT molecular complexity index is 827. The average molecular weight is 323 g/mol. The maximum absolute atomic E-state index is 12.4. The van der Waals surface area contributed by atoms with Crippen LogP contribution in [0.15, 0.2) is 54.9 Å². The number of aromatic nitrogens is 2. The van der Waals surface area contributed by atoms with Crippen molar-refractivity contribution >= 4 is 11.6 Å². The Balaban J connectivity index is 1.75. The zero-order valence-corrected chi connectivity index (χ0v) is 13.4. The maximum Gasteiger partial charge on any atom is 0.255 e.